The highest BCUT2D eigenvalue weighted by molar-refractivity contribution is 5.81. The summed E-state index contributed by atoms with van der Waals surface area (Å²) < 4.78 is 5.53. The van der Waals surface area contributed by atoms with Crippen molar-refractivity contribution in [1.29, 1.82) is 0 Å². The monoisotopic (exact) mass is 236 g/mol. The van der Waals surface area contributed by atoms with Crippen molar-refractivity contribution in [3.05, 3.63) is 29.8 Å². The van der Waals surface area contributed by atoms with Crippen LogP contribution in [0.5, 0.6) is 5.75 Å². The van der Waals surface area contributed by atoms with E-state index >= 15 is 0 Å². The zero-order valence-corrected chi connectivity index (χ0v) is 10.6. The summed E-state index contributed by atoms with van der Waals surface area (Å²) in [7, 11) is 1.59. The molecule has 0 fully saturated rings. The molecule has 0 aliphatic rings. The smallest absolute Gasteiger partial charge is 0.237 e. The molecule has 1 amide bonds. The average molecular weight is 236 g/mol. The third-order valence-electron chi connectivity index (χ3n) is 2.33. The van der Waals surface area contributed by atoms with Gasteiger partial charge in [-0.2, -0.15) is 0 Å². The summed E-state index contributed by atoms with van der Waals surface area (Å²) in [6, 6.07) is 7.15. The lowest BCUT2D eigenvalue weighted by Gasteiger charge is -2.12. The van der Waals surface area contributed by atoms with Gasteiger partial charge in [-0.3, -0.25) is 4.79 Å². The largest absolute Gasteiger partial charge is 0.491 e. The molecular formula is C13H20N2O2. The molecule has 94 valence electrons. The SMILES string of the molecule is CNC(=O)[C@@H](N)Cc1ccc(OC(C)C)cc1. The number of hydrogen-bond donors (Lipinski definition) is 2. The van der Waals surface area contributed by atoms with E-state index in [9.17, 15) is 4.79 Å². The van der Waals surface area contributed by atoms with Crippen LogP contribution in [0.25, 0.3) is 0 Å². The maximum Gasteiger partial charge on any atom is 0.237 e. The molecule has 4 heteroatoms. The maximum atomic E-state index is 11.3. The predicted molar refractivity (Wildman–Crippen MR) is 68.0 cm³/mol. The van der Waals surface area contributed by atoms with Crippen molar-refractivity contribution in [3.63, 3.8) is 0 Å². The van der Waals surface area contributed by atoms with E-state index in [2.05, 4.69) is 5.32 Å². The molecule has 0 bridgehead atoms. The van der Waals surface area contributed by atoms with Crippen molar-refractivity contribution in [3.8, 4) is 5.75 Å². The van der Waals surface area contributed by atoms with Crippen molar-refractivity contribution in [1.82, 2.24) is 5.32 Å². The van der Waals surface area contributed by atoms with Crippen LogP contribution >= 0.6 is 0 Å². The Kier molecular flexibility index (Phi) is 4.97. The fourth-order valence-corrected chi connectivity index (χ4v) is 1.51. The number of hydrogen-bond acceptors (Lipinski definition) is 3. The van der Waals surface area contributed by atoms with E-state index in [4.69, 9.17) is 10.5 Å². The van der Waals surface area contributed by atoms with Gasteiger partial charge in [-0.15, -0.1) is 0 Å². The number of nitrogens with one attached hydrogen (secondary N) is 1. The molecule has 1 aromatic carbocycles. The van der Waals surface area contributed by atoms with Crippen molar-refractivity contribution in [2.24, 2.45) is 5.73 Å². The molecule has 3 N–H and O–H groups in total. The van der Waals surface area contributed by atoms with Gasteiger partial charge in [-0.05, 0) is 38.0 Å². The Bertz CT molecular complexity index is 360. The average Bonchev–Trinajstić information content (AvgIpc) is 2.30. The standard InChI is InChI=1S/C13H20N2O2/c1-9(2)17-11-6-4-10(5-7-11)8-12(14)13(16)15-3/h4-7,9,12H,8,14H2,1-3H3,(H,15,16)/t12-/m0/s1. The highest BCUT2D eigenvalue weighted by atomic mass is 16.5. The van der Waals surface area contributed by atoms with Crippen LogP contribution in [0.3, 0.4) is 0 Å². The summed E-state index contributed by atoms with van der Waals surface area (Å²) in [5, 5.41) is 2.53. The van der Waals surface area contributed by atoms with E-state index in [1.807, 2.05) is 38.1 Å². The first kappa shape index (κ1) is 13.5. The van der Waals surface area contributed by atoms with Crippen LogP contribution in [-0.4, -0.2) is 25.1 Å². The van der Waals surface area contributed by atoms with Crippen molar-refractivity contribution in [2.75, 3.05) is 7.05 Å². The normalized spacial score (nSPS) is 12.3. The van der Waals surface area contributed by atoms with E-state index in [1.54, 1.807) is 7.05 Å². The maximum absolute atomic E-state index is 11.3. The molecule has 0 heterocycles. The first-order chi connectivity index (χ1) is 8.02. The number of nitrogens with two attached hydrogens (primary N) is 1. The van der Waals surface area contributed by atoms with Gasteiger partial charge >= 0.3 is 0 Å². The number of benzene rings is 1. The zero-order chi connectivity index (χ0) is 12.8. The first-order valence-corrected chi connectivity index (χ1v) is 5.75. The first-order valence-electron chi connectivity index (χ1n) is 5.75. The van der Waals surface area contributed by atoms with Crippen LogP contribution in [0, 0.1) is 0 Å². The lowest BCUT2D eigenvalue weighted by molar-refractivity contribution is -0.121. The number of carbonyl (C=O) groups is 1. The minimum atomic E-state index is -0.503. The predicted octanol–water partition coefficient (Wildman–Crippen LogP) is 1.09. The molecule has 0 aliphatic heterocycles. The molecule has 0 aliphatic carbocycles. The Labute approximate surface area is 102 Å². The lowest BCUT2D eigenvalue weighted by Crippen LogP contribution is -2.40. The molecule has 0 saturated carbocycles. The lowest BCUT2D eigenvalue weighted by atomic mass is 10.1. The van der Waals surface area contributed by atoms with Crippen LogP contribution in [0.2, 0.25) is 0 Å². The molecule has 0 aromatic heterocycles. The highest BCUT2D eigenvalue weighted by Gasteiger charge is 2.11. The Morgan fingerprint density at radius 2 is 1.94 bits per heavy atom. The Balaban J connectivity index is 2.59. The fourth-order valence-electron chi connectivity index (χ4n) is 1.51. The molecule has 0 spiro atoms. The summed E-state index contributed by atoms with van der Waals surface area (Å²) in [6.07, 6.45) is 0.690. The van der Waals surface area contributed by atoms with Gasteiger partial charge in [0.05, 0.1) is 12.1 Å². The summed E-state index contributed by atoms with van der Waals surface area (Å²) >= 11 is 0. The number of ether oxygens (including phenoxy) is 1. The van der Waals surface area contributed by atoms with Gasteiger partial charge in [0.1, 0.15) is 5.75 Å². The van der Waals surface area contributed by atoms with Crippen molar-refractivity contribution in [2.45, 2.75) is 32.4 Å². The Morgan fingerprint density at radius 3 is 2.41 bits per heavy atom. The van der Waals surface area contributed by atoms with Crippen LogP contribution in [-0.2, 0) is 11.2 Å². The van der Waals surface area contributed by atoms with Gasteiger partial charge in [0.2, 0.25) is 5.91 Å². The summed E-state index contributed by atoms with van der Waals surface area (Å²) in [4.78, 5) is 11.3. The Hall–Kier alpha value is -1.55. The van der Waals surface area contributed by atoms with Gasteiger partial charge < -0.3 is 15.8 Å². The van der Waals surface area contributed by atoms with Crippen molar-refractivity contribution < 1.29 is 9.53 Å². The van der Waals surface area contributed by atoms with Gasteiger partial charge in [-0.1, -0.05) is 12.1 Å². The van der Waals surface area contributed by atoms with Crippen molar-refractivity contribution >= 4 is 5.91 Å². The van der Waals surface area contributed by atoms with Gasteiger partial charge in [0.25, 0.3) is 0 Å². The minimum Gasteiger partial charge on any atom is -0.491 e. The molecule has 0 unspecified atom stereocenters. The summed E-state index contributed by atoms with van der Waals surface area (Å²) in [6.45, 7) is 3.96. The summed E-state index contributed by atoms with van der Waals surface area (Å²) in [5.74, 6) is 0.685. The number of carbonyl (C=O) groups excluding carboxylic acids is 1. The van der Waals surface area contributed by atoms with E-state index in [0.717, 1.165) is 11.3 Å². The fraction of sp³-hybridized carbons (Fsp3) is 0.462. The molecule has 1 rings (SSSR count). The third-order valence-corrected chi connectivity index (χ3v) is 2.33. The van der Waals surface area contributed by atoms with E-state index in [1.165, 1.54) is 0 Å². The van der Waals surface area contributed by atoms with Gasteiger partial charge in [0.15, 0.2) is 0 Å². The number of likely N-dealkylation sites (N-methyl/N-ethyl adjacent to an activating group) is 1. The molecule has 1 atom stereocenters. The number of rotatable bonds is 5. The molecule has 17 heavy (non-hydrogen) atoms. The highest BCUT2D eigenvalue weighted by Crippen LogP contribution is 2.14. The molecule has 0 radical (unpaired) electrons. The van der Waals surface area contributed by atoms with Gasteiger partial charge in [-0.25, -0.2) is 0 Å². The second kappa shape index (κ2) is 6.25. The van der Waals surface area contributed by atoms with E-state index in [0.29, 0.717) is 6.42 Å². The van der Waals surface area contributed by atoms with Crippen LogP contribution in [0.4, 0.5) is 0 Å². The topological polar surface area (TPSA) is 64.4 Å². The molecule has 4 nitrogen and oxygen atoms in total. The molecular weight excluding hydrogens is 216 g/mol. The second-order valence-electron chi connectivity index (χ2n) is 4.24. The number of amides is 1. The van der Waals surface area contributed by atoms with Gasteiger partial charge in [0, 0.05) is 7.05 Å². The van der Waals surface area contributed by atoms with Crippen LogP contribution in [0.15, 0.2) is 24.3 Å². The minimum absolute atomic E-state index is 0.146. The molecule has 1 aromatic rings. The second-order valence-corrected chi connectivity index (χ2v) is 4.24. The Morgan fingerprint density at radius 1 is 1.35 bits per heavy atom. The van der Waals surface area contributed by atoms with Crippen LogP contribution in [0.1, 0.15) is 19.4 Å². The zero-order valence-electron chi connectivity index (χ0n) is 10.6. The van der Waals surface area contributed by atoms with E-state index in [-0.39, 0.29) is 12.0 Å². The summed E-state index contributed by atoms with van der Waals surface area (Å²) in [5.41, 5.74) is 6.76. The van der Waals surface area contributed by atoms with E-state index < -0.39 is 6.04 Å². The van der Waals surface area contributed by atoms with Crippen LogP contribution < -0.4 is 15.8 Å². The third kappa shape index (κ3) is 4.44. The quantitative estimate of drug-likeness (QED) is 0.804. The molecule has 0 saturated heterocycles.